The molecule has 0 aromatic heterocycles. The molecule has 2 aromatic rings. The summed E-state index contributed by atoms with van der Waals surface area (Å²) in [5, 5.41) is 1.16. The van der Waals surface area contributed by atoms with Gasteiger partial charge in [-0.3, -0.25) is 20.4 Å². The first-order valence-electron chi connectivity index (χ1n) is 6.34. The summed E-state index contributed by atoms with van der Waals surface area (Å²) in [5.74, 6) is -0.873. The van der Waals surface area contributed by atoms with E-state index >= 15 is 0 Å². The first-order valence-corrected chi connectivity index (χ1v) is 7.10. The quantitative estimate of drug-likeness (QED) is 0.667. The van der Waals surface area contributed by atoms with Gasteiger partial charge in [-0.25, -0.2) is 0 Å². The third-order valence-corrected chi connectivity index (χ3v) is 3.21. The van der Waals surface area contributed by atoms with Crippen LogP contribution in [0.15, 0.2) is 54.6 Å². The van der Waals surface area contributed by atoms with Crippen LogP contribution in [0, 0.1) is 0 Å². The SMILES string of the molecule is O=C(/C=C/c1ccc(Cl)cc1)NNC(=O)c1ccc(Cl)cc1. The van der Waals surface area contributed by atoms with E-state index in [9.17, 15) is 9.59 Å². The summed E-state index contributed by atoms with van der Waals surface area (Å²) in [4.78, 5) is 23.4. The number of halogens is 2. The fourth-order valence-electron chi connectivity index (χ4n) is 1.58. The number of carbonyl (C=O) groups excluding carboxylic acids is 2. The Kier molecular flexibility index (Phi) is 5.58. The van der Waals surface area contributed by atoms with E-state index in [1.54, 1.807) is 54.6 Å². The number of hydrogen-bond acceptors (Lipinski definition) is 2. The normalized spacial score (nSPS) is 10.5. The van der Waals surface area contributed by atoms with Crippen LogP contribution in [-0.4, -0.2) is 11.8 Å². The minimum atomic E-state index is -0.447. The van der Waals surface area contributed by atoms with Gasteiger partial charge in [0.25, 0.3) is 11.8 Å². The van der Waals surface area contributed by atoms with Crippen LogP contribution < -0.4 is 10.9 Å². The van der Waals surface area contributed by atoms with Crippen molar-refractivity contribution in [2.75, 3.05) is 0 Å². The van der Waals surface area contributed by atoms with Crippen molar-refractivity contribution in [3.8, 4) is 0 Å². The minimum absolute atomic E-state index is 0.395. The van der Waals surface area contributed by atoms with Gasteiger partial charge in [-0.15, -0.1) is 0 Å². The number of hydrazine groups is 1. The molecule has 0 heterocycles. The predicted octanol–water partition coefficient (Wildman–Crippen LogP) is 3.47. The maximum atomic E-state index is 11.8. The van der Waals surface area contributed by atoms with Crippen LogP contribution in [0.1, 0.15) is 15.9 Å². The van der Waals surface area contributed by atoms with Crippen molar-refractivity contribution in [1.82, 2.24) is 10.9 Å². The Labute approximate surface area is 137 Å². The number of amides is 2. The predicted molar refractivity (Wildman–Crippen MR) is 87.5 cm³/mol. The molecule has 2 rings (SSSR count). The van der Waals surface area contributed by atoms with Crippen molar-refractivity contribution < 1.29 is 9.59 Å². The highest BCUT2D eigenvalue weighted by Crippen LogP contribution is 2.10. The van der Waals surface area contributed by atoms with Gasteiger partial charge in [-0.05, 0) is 48.0 Å². The van der Waals surface area contributed by atoms with Gasteiger partial charge >= 0.3 is 0 Å². The van der Waals surface area contributed by atoms with Gasteiger partial charge < -0.3 is 0 Å². The van der Waals surface area contributed by atoms with Gasteiger partial charge in [0.05, 0.1) is 0 Å². The molecule has 0 unspecified atom stereocenters. The molecule has 0 saturated heterocycles. The van der Waals surface area contributed by atoms with Gasteiger partial charge in [0.1, 0.15) is 0 Å². The molecule has 0 radical (unpaired) electrons. The third-order valence-electron chi connectivity index (χ3n) is 2.70. The molecule has 0 spiro atoms. The molecule has 2 aromatic carbocycles. The van der Waals surface area contributed by atoms with Crippen molar-refractivity contribution in [2.24, 2.45) is 0 Å². The Bertz CT molecular complexity index is 695. The lowest BCUT2D eigenvalue weighted by atomic mass is 10.2. The molecule has 112 valence electrons. The summed E-state index contributed by atoms with van der Waals surface area (Å²) in [6.45, 7) is 0. The van der Waals surface area contributed by atoms with Gasteiger partial charge in [0.15, 0.2) is 0 Å². The number of carbonyl (C=O) groups is 2. The van der Waals surface area contributed by atoms with Crippen LogP contribution in [0.25, 0.3) is 6.08 Å². The molecule has 22 heavy (non-hydrogen) atoms. The van der Waals surface area contributed by atoms with Crippen molar-refractivity contribution in [3.05, 3.63) is 75.8 Å². The van der Waals surface area contributed by atoms with E-state index in [2.05, 4.69) is 10.9 Å². The summed E-state index contributed by atoms with van der Waals surface area (Å²) >= 11 is 11.5. The first kappa shape index (κ1) is 16.1. The van der Waals surface area contributed by atoms with E-state index in [0.717, 1.165) is 5.56 Å². The first-order chi connectivity index (χ1) is 10.5. The lowest BCUT2D eigenvalue weighted by molar-refractivity contribution is -0.117. The second kappa shape index (κ2) is 7.64. The van der Waals surface area contributed by atoms with E-state index in [1.165, 1.54) is 6.08 Å². The van der Waals surface area contributed by atoms with Crippen molar-refractivity contribution in [2.45, 2.75) is 0 Å². The van der Waals surface area contributed by atoms with Gasteiger partial charge in [0.2, 0.25) is 0 Å². The maximum absolute atomic E-state index is 11.8. The van der Waals surface area contributed by atoms with Crippen molar-refractivity contribution >= 4 is 41.1 Å². The zero-order chi connectivity index (χ0) is 15.9. The Morgan fingerprint density at radius 2 is 1.36 bits per heavy atom. The van der Waals surface area contributed by atoms with E-state index < -0.39 is 11.8 Å². The number of rotatable bonds is 3. The monoisotopic (exact) mass is 334 g/mol. The van der Waals surface area contributed by atoms with Crippen LogP contribution >= 0.6 is 23.2 Å². The van der Waals surface area contributed by atoms with Crippen LogP contribution in [-0.2, 0) is 4.79 Å². The summed E-state index contributed by atoms with van der Waals surface area (Å²) < 4.78 is 0. The Morgan fingerprint density at radius 1 is 0.818 bits per heavy atom. The Hall–Kier alpha value is -2.30. The van der Waals surface area contributed by atoms with Crippen LogP contribution in [0.2, 0.25) is 10.0 Å². The number of hydrogen-bond donors (Lipinski definition) is 2. The minimum Gasteiger partial charge on any atom is -0.268 e. The van der Waals surface area contributed by atoms with Crippen molar-refractivity contribution in [3.63, 3.8) is 0 Å². The van der Waals surface area contributed by atoms with E-state index in [-0.39, 0.29) is 0 Å². The van der Waals surface area contributed by atoms with Crippen molar-refractivity contribution in [1.29, 1.82) is 0 Å². The Morgan fingerprint density at radius 3 is 1.95 bits per heavy atom. The summed E-state index contributed by atoms with van der Waals surface area (Å²) in [7, 11) is 0. The fraction of sp³-hybridized carbons (Fsp3) is 0. The van der Waals surface area contributed by atoms with Gasteiger partial charge in [-0.1, -0.05) is 35.3 Å². The standard InChI is InChI=1S/C16H12Cl2N2O2/c17-13-6-1-11(2-7-13)3-10-15(21)19-20-16(22)12-4-8-14(18)9-5-12/h1-10H,(H,19,21)(H,20,22)/b10-3+. The average Bonchev–Trinajstić information content (AvgIpc) is 2.52. The molecule has 0 aliphatic heterocycles. The van der Waals surface area contributed by atoms with Crippen LogP contribution in [0.3, 0.4) is 0 Å². The summed E-state index contributed by atoms with van der Waals surface area (Å²) in [6, 6.07) is 13.3. The number of benzene rings is 2. The number of nitrogens with one attached hydrogen (secondary N) is 2. The Balaban J connectivity index is 1.86. The molecule has 0 fully saturated rings. The van der Waals surface area contributed by atoms with Crippen LogP contribution in [0.4, 0.5) is 0 Å². The molecule has 0 aliphatic rings. The van der Waals surface area contributed by atoms with Gasteiger partial charge in [0, 0.05) is 21.7 Å². The molecule has 0 saturated carbocycles. The largest absolute Gasteiger partial charge is 0.269 e. The van der Waals surface area contributed by atoms with E-state index in [0.29, 0.717) is 15.6 Å². The zero-order valence-electron chi connectivity index (χ0n) is 11.3. The molecule has 6 heteroatoms. The summed E-state index contributed by atoms with van der Waals surface area (Å²) in [6.07, 6.45) is 2.92. The van der Waals surface area contributed by atoms with E-state index in [4.69, 9.17) is 23.2 Å². The third kappa shape index (κ3) is 4.91. The fourth-order valence-corrected chi connectivity index (χ4v) is 1.83. The average molecular weight is 335 g/mol. The molecular formula is C16H12Cl2N2O2. The topological polar surface area (TPSA) is 58.2 Å². The molecule has 0 aliphatic carbocycles. The molecular weight excluding hydrogens is 323 g/mol. The molecule has 2 amide bonds. The molecule has 4 nitrogen and oxygen atoms in total. The molecule has 0 atom stereocenters. The second-order valence-electron chi connectivity index (χ2n) is 4.34. The highest BCUT2D eigenvalue weighted by Gasteiger charge is 2.05. The molecule has 2 N–H and O–H groups in total. The summed E-state index contributed by atoms with van der Waals surface area (Å²) in [5.41, 5.74) is 5.82. The lowest BCUT2D eigenvalue weighted by Crippen LogP contribution is -2.40. The highest BCUT2D eigenvalue weighted by molar-refractivity contribution is 6.30. The van der Waals surface area contributed by atoms with E-state index in [1.807, 2.05) is 0 Å². The van der Waals surface area contributed by atoms with Crippen LogP contribution in [0.5, 0.6) is 0 Å². The zero-order valence-corrected chi connectivity index (χ0v) is 12.9. The second-order valence-corrected chi connectivity index (χ2v) is 5.21. The highest BCUT2D eigenvalue weighted by atomic mass is 35.5. The maximum Gasteiger partial charge on any atom is 0.269 e. The van der Waals surface area contributed by atoms with Gasteiger partial charge in [-0.2, -0.15) is 0 Å². The molecule has 0 bridgehead atoms. The smallest absolute Gasteiger partial charge is 0.268 e. The lowest BCUT2D eigenvalue weighted by Gasteiger charge is -2.05.